The van der Waals surface area contributed by atoms with Crippen molar-refractivity contribution < 1.29 is 31.8 Å². The molecule has 0 aliphatic carbocycles. The number of alkyl halides is 4. The maximum absolute atomic E-state index is 12.7. The van der Waals surface area contributed by atoms with Gasteiger partial charge in [0.1, 0.15) is 0 Å². The minimum atomic E-state index is -4.74. The first-order valence-electron chi connectivity index (χ1n) is 4.78. The van der Waals surface area contributed by atoms with E-state index in [-0.39, 0.29) is 18.2 Å². The molecule has 8 heteroatoms. The van der Waals surface area contributed by atoms with Crippen molar-refractivity contribution in [2.24, 2.45) is 0 Å². The van der Waals surface area contributed by atoms with Crippen molar-refractivity contribution in [3.8, 4) is 11.5 Å². The van der Waals surface area contributed by atoms with Crippen LogP contribution in [0.25, 0.3) is 0 Å². The lowest BCUT2D eigenvalue weighted by Gasteiger charge is -2.14. The third-order valence-corrected chi connectivity index (χ3v) is 2.21. The molecule has 0 saturated heterocycles. The quantitative estimate of drug-likeness (QED) is 0.853. The van der Waals surface area contributed by atoms with Crippen LogP contribution in [0.5, 0.6) is 11.5 Å². The number of fused-ring (bicyclic) bond motifs is 1. The molecule has 0 aromatic heterocycles. The minimum absolute atomic E-state index is 0.0279. The van der Waals surface area contributed by atoms with Crippen molar-refractivity contribution >= 4 is 11.6 Å². The highest BCUT2D eigenvalue weighted by molar-refractivity contribution is 5.96. The monoisotopic (exact) mass is 265 g/mol. The van der Waals surface area contributed by atoms with Crippen LogP contribution in [0.2, 0.25) is 0 Å². The Morgan fingerprint density at radius 1 is 1.28 bits per heavy atom. The van der Waals surface area contributed by atoms with Crippen LogP contribution in [-0.4, -0.2) is 25.0 Å². The number of rotatable bonds is 3. The molecule has 1 aromatic carbocycles. The van der Waals surface area contributed by atoms with E-state index < -0.39 is 18.3 Å². The average molecular weight is 265 g/mol. The second kappa shape index (κ2) is 4.35. The molecule has 1 aromatic rings. The Hall–Kier alpha value is -1.99. The fraction of sp³-hybridized carbons (Fsp3) is 0.300. The van der Waals surface area contributed by atoms with Crippen LogP contribution >= 0.6 is 0 Å². The van der Waals surface area contributed by atoms with Gasteiger partial charge in [-0.25, -0.2) is 8.78 Å². The molecule has 98 valence electrons. The number of carbonyl (C=O) groups excluding carboxylic acids is 1. The Bertz CT molecular complexity index is 478. The van der Waals surface area contributed by atoms with E-state index in [1.807, 2.05) is 0 Å². The van der Waals surface area contributed by atoms with Crippen molar-refractivity contribution in [1.82, 2.24) is 0 Å². The predicted octanol–water partition coefficient (Wildman–Crippen LogP) is 2.25. The Morgan fingerprint density at radius 2 is 1.94 bits per heavy atom. The summed E-state index contributed by atoms with van der Waals surface area (Å²) in [6.07, 6.45) is -4.06. The van der Waals surface area contributed by atoms with Gasteiger partial charge in [-0.3, -0.25) is 4.79 Å². The van der Waals surface area contributed by atoms with Gasteiger partial charge in [-0.15, -0.1) is 0 Å². The molecule has 0 radical (unpaired) electrons. The minimum Gasteiger partial charge on any atom is -0.454 e. The molecule has 1 amide bonds. The Morgan fingerprint density at radius 3 is 2.61 bits per heavy atom. The number of carbonyl (C=O) groups is 1. The molecule has 1 aliphatic heterocycles. The molecule has 0 saturated carbocycles. The summed E-state index contributed by atoms with van der Waals surface area (Å²) in [5, 5.41) is 1.69. The third kappa shape index (κ3) is 2.18. The largest absolute Gasteiger partial charge is 0.454 e. The van der Waals surface area contributed by atoms with Gasteiger partial charge in [-0.2, -0.15) is 8.78 Å². The topological polar surface area (TPSA) is 47.6 Å². The molecule has 2 rings (SSSR count). The van der Waals surface area contributed by atoms with E-state index in [2.05, 4.69) is 0 Å². The number of hydrogen-bond acceptors (Lipinski definition) is 3. The number of amides is 1. The summed E-state index contributed by atoms with van der Waals surface area (Å²) in [5.74, 6) is -6.19. The van der Waals surface area contributed by atoms with Gasteiger partial charge in [0, 0.05) is 11.8 Å². The van der Waals surface area contributed by atoms with Crippen LogP contribution in [0, 0.1) is 0 Å². The predicted molar refractivity (Wildman–Crippen MR) is 52.1 cm³/mol. The number of nitrogens with one attached hydrogen (secondary N) is 1. The second-order valence-corrected chi connectivity index (χ2v) is 3.45. The molecule has 1 heterocycles. The first kappa shape index (κ1) is 12.5. The lowest BCUT2D eigenvalue weighted by atomic mass is 10.2. The molecule has 4 nitrogen and oxygen atoms in total. The molecule has 18 heavy (non-hydrogen) atoms. The number of anilines is 1. The van der Waals surface area contributed by atoms with Crippen LogP contribution in [-0.2, 0) is 4.79 Å². The first-order chi connectivity index (χ1) is 8.41. The lowest BCUT2D eigenvalue weighted by molar-refractivity contribution is -0.163. The van der Waals surface area contributed by atoms with Crippen molar-refractivity contribution in [3.05, 3.63) is 18.2 Å². The summed E-state index contributed by atoms with van der Waals surface area (Å²) in [6.45, 7) is -0.0279. The van der Waals surface area contributed by atoms with Crippen LogP contribution < -0.4 is 14.8 Å². The van der Waals surface area contributed by atoms with Gasteiger partial charge in [0.05, 0.1) is 0 Å². The summed E-state index contributed by atoms with van der Waals surface area (Å²) in [4.78, 5) is 11.0. The number of ether oxygens (including phenoxy) is 2. The average Bonchev–Trinajstić information content (AvgIpc) is 2.75. The van der Waals surface area contributed by atoms with Gasteiger partial charge in [0.25, 0.3) is 0 Å². The van der Waals surface area contributed by atoms with Crippen molar-refractivity contribution in [1.29, 1.82) is 0 Å². The zero-order chi connectivity index (χ0) is 13.3. The van der Waals surface area contributed by atoms with Gasteiger partial charge in [-0.05, 0) is 12.1 Å². The fourth-order valence-corrected chi connectivity index (χ4v) is 1.29. The maximum Gasteiger partial charge on any atom is 0.383 e. The molecule has 1 aliphatic rings. The van der Waals surface area contributed by atoms with Gasteiger partial charge < -0.3 is 14.8 Å². The van der Waals surface area contributed by atoms with Crippen molar-refractivity contribution in [3.63, 3.8) is 0 Å². The SMILES string of the molecule is O=C(Nc1ccc2c(c1)OCO2)C(F)(F)C(F)F. The summed E-state index contributed by atoms with van der Waals surface area (Å²) in [6, 6.07) is 3.83. The Balaban J connectivity index is 2.13. The summed E-state index contributed by atoms with van der Waals surface area (Å²) in [7, 11) is 0. The van der Waals surface area contributed by atoms with E-state index in [1.165, 1.54) is 18.2 Å². The third-order valence-electron chi connectivity index (χ3n) is 2.21. The Kier molecular flexibility index (Phi) is 3.02. The van der Waals surface area contributed by atoms with Crippen LogP contribution in [0.3, 0.4) is 0 Å². The van der Waals surface area contributed by atoms with E-state index in [0.717, 1.165) is 0 Å². The number of benzene rings is 1. The zero-order valence-electron chi connectivity index (χ0n) is 8.75. The van der Waals surface area contributed by atoms with Crippen molar-refractivity contribution in [2.75, 3.05) is 12.1 Å². The second-order valence-electron chi connectivity index (χ2n) is 3.45. The van der Waals surface area contributed by atoms with E-state index >= 15 is 0 Å². The standard InChI is InChI=1S/C10H7F4NO3/c11-8(12)10(13,14)9(16)15-5-1-2-6-7(3-5)18-4-17-6/h1-3,8H,4H2,(H,15,16). The van der Waals surface area contributed by atoms with Crippen LogP contribution in [0.4, 0.5) is 23.2 Å². The van der Waals surface area contributed by atoms with Crippen LogP contribution in [0.15, 0.2) is 18.2 Å². The normalized spacial score (nSPS) is 13.8. The van der Waals surface area contributed by atoms with Gasteiger partial charge >= 0.3 is 18.3 Å². The first-order valence-corrected chi connectivity index (χ1v) is 4.78. The molecule has 0 spiro atoms. The Labute approximate surface area is 98.5 Å². The fourth-order valence-electron chi connectivity index (χ4n) is 1.29. The van der Waals surface area contributed by atoms with Gasteiger partial charge in [0.15, 0.2) is 11.5 Å². The molecule has 1 N–H and O–H groups in total. The van der Waals surface area contributed by atoms with Crippen molar-refractivity contribution in [2.45, 2.75) is 12.3 Å². The van der Waals surface area contributed by atoms with Gasteiger partial charge in [0.2, 0.25) is 6.79 Å². The molecular formula is C10H7F4NO3. The smallest absolute Gasteiger partial charge is 0.383 e. The zero-order valence-corrected chi connectivity index (χ0v) is 8.75. The van der Waals surface area contributed by atoms with E-state index in [9.17, 15) is 22.4 Å². The highest BCUT2D eigenvalue weighted by Crippen LogP contribution is 2.34. The molecule has 0 atom stereocenters. The van der Waals surface area contributed by atoms with E-state index in [0.29, 0.717) is 5.75 Å². The number of hydrogen-bond donors (Lipinski definition) is 1. The summed E-state index contributed by atoms with van der Waals surface area (Å²) in [5.41, 5.74) is -0.0791. The highest BCUT2D eigenvalue weighted by atomic mass is 19.3. The highest BCUT2D eigenvalue weighted by Gasteiger charge is 2.49. The van der Waals surface area contributed by atoms with Gasteiger partial charge in [-0.1, -0.05) is 0 Å². The summed E-state index contributed by atoms with van der Waals surface area (Å²) < 4.78 is 59.1. The lowest BCUT2D eigenvalue weighted by Crippen LogP contribution is -2.40. The van der Waals surface area contributed by atoms with Crippen LogP contribution in [0.1, 0.15) is 0 Å². The van der Waals surface area contributed by atoms with E-state index in [1.54, 1.807) is 5.32 Å². The van der Waals surface area contributed by atoms with E-state index in [4.69, 9.17) is 9.47 Å². The molecular weight excluding hydrogens is 258 g/mol. The maximum atomic E-state index is 12.7. The molecule has 0 fully saturated rings. The molecule has 0 bridgehead atoms. The number of halogens is 4. The summed E-state index contributed by atoms with van der Waals surface area (Å²) >= 11 is 0. The molecule has 0 unspecified atom stereocenters.